The van der Waals surface area contributed by atoms with Crippen LogP contribution in [-0.2, 0) is 5.33 Å². The van der Waals surface area contributed by atoms with Crippen LogP contribution in [-0.4, -0.2) is 13.1 Å². The van der Waals surface area contributed by atoms with Crippen LogP contribution in [0.4, 0.5) is 5.69 Å². The third-order valence-corrected chi connectivity index (χ3v) is 3.20. The lowest BCUT2D eigenvalue weighted by Crippen LogP contribution is -2.24. The van der Waals surface area contributed by atoms with Gasteiger partial charge in [-0.3, -0.25) is 0 Å². The highest BCUT2D eigenvalue weighted by Gasteiger charge is 2.09. The van der Waals surface area contributed by atoms with E-state index in [1.54, 1.807) is 0 Å². The van der Waals surface area contributed by atoms with Gasteiger partial charge in [0.1, 0.15) is 6.07 Å². The summed E-state index contributed by atoms with van der Waals surface area (Å²) in [6.45, 7) is 6.21. The number of benzene rings is 1. The van der Waals surface area contributed by atoms with Crippen molar-refractivity contribution in [2.75, 3.05) is 18.0 Å². The van der Waals surface area contributed by atoms with Gasteiger partial charge in [-0.05, 0) is 31.0 Å². The van der Waals surface area contributed by atoms with Crippen molar-refractivity contribution in [2.45, 2.75) is 25.6 Å². The second kappa shape index (κ2) is 6.55. The third-order valence-electron chi connectivity index (χ3n) is 2.55. The van der Waals surface area contributed by atoms with E-state index in [0.29, 0.717) is 0 Å². The summed E-state index contributed by atoms with van der Waals surface area (Å²) >= 11 is 3.41. The second-order valence-electron chi connectivity index (χ2n) is 3.68. The van der Waals surface area contributed by atoms with E-state index < -0.39 is 0 Å². The Morgan fingerprint density at radius 2 is 2.12 bits per heavy atom. The summed E-state index contributed by atoms with van der Waals surface area (Å²) in [5, 5.41) is 9.95. The Morgan fingerprint density at radius 1 is 1.38 bits per heavy atom. The topological polar surface area (TPSA) is 27.0 Å². The Morgan fingerprint density at radius 3 is 2.62 bits per heavy atom. The minimum Gasteiger partial charge on any atom is -0.371 e. The van der Waals surface area contributed by atoms with Crippen LogP contribution in [0.2, 0.25) is 0 Å². The first-order valence-electron chi connectivity index (χ1n) is 5.60. The van der Waals surface area contributed by atoms with Crippen molar-refractivity contribution in [1.82, 2.24) is 0 Å². The molecule has 0 saturated carbocycles. The molecule has 0 atom stereocenters. The quantitative estimate of drug-likeness (QED) is 0.770. The van der Waals surface area contributed by atoms with Crippen molar-refractivity contribution in [1.29, 1.82) is 5.26 Å². The minimum absolute atomic E-state index is 0.771. The van der Waals surface area contributed by atoms with Gasteiger partial charge in [0.15, 0.2) is 0 Å². The molecule has 0 saturated heterocycles. The summed E-state index contributed by atoms with van der Waals surface area (Å²) in [5.41, 5.74) is 2.97. The fourth-order valence-electron chi connectivity index (χ4n) is 1.75. The first-order chi connectivity index (χ1) is 7.76. The number of hydrogen-bond donors (Lipinski definition) is 0. The van der Waals surface area contributed by atoms with E-state index in [9.17, 15) is 0 Å². The largest absolute Gasteiger partial charge is 0.371 e. The normalized spacial score (nSPS) is 9.88. The molecular weight excluding hydrogens is 264 g/mol. The average Bonchev–Trinajstić information content (AvgIpc) is 2.35. The van der Waals surface area contributed by atoms with Crippen molar-refractivity contribution in [3.05, 3.63) is 29.3 Å². The van der Waals surface area contributed by atoms with Gasteiger partial charge in [-0.1, -0.05) is 28.9 Å². The maximum Gasteiger partial charge on any atom is 0.101 e. The van der Waals surface area contributed by atoms with E-state index in [4.69, 9.17) is 5.26 Å². The van der Waals surface area contributed by atoms with Gasteiger partial charge < -0.3 is 4.90 Å². The SMILES string of the molecule is CCCN(CC)c1ccc(CBr)cc1C#N. The van der Waals surface area contributed by atoms with Crippen molar-refractivity contribution in [2.24, 2.45) is 0 Å². The highest BCUT2D eigenvalue weighted by molar-refractivity contribution is 9.08. The monoisotopic (exact) mass is 280 g/mol. The lowest BCUT2D eigenvalue weighted by atomic mass is 10.1. The smallest absolute Gasteiger partial charge is 0.101 e. The van der Waals surface area contributed by atoms with Crippen LogP contribution in [0.5, 0.6) is 0 Å². The molecule has 0 N–H and O–H groups in total. The highest BCUT2D eigenvalue weighted by atomic mass is 79.9. The Hall–Kier alpha value is -1.01. The molecule has 1 aromatic carbocycles. The second-order valence-corrected chi connectivity index (χ2v) is 4.24. The highest BCUT2D eigenvalue weighted by Crippen LogP contribution is 2.22. The molecular formula is C13H17BrN2. The molecule has 3 heteroatoms. The summed E-state index contributed by atoms with van der Waals surface area (Å²) in [7, 11) is 0. The van der Waals surface area contributed by atoms with Gasteiger partial charge >= 0.3 is 0 Å². The van der Waals surface area contributed by atoms with Crippen LogP contribution < -0.4 is 4.90 Å². The predicted molar refractivity (Wildman–Crippen MR) is 72.0 cm³/mol. The number of anilines is 1. The van der Waals surface area contributed by atoms with E-state index >= 15 is 0 Å². The van der Waals surface area contributed by atoms with Gasteiger partial charge in [0.2, 0.25) is 0 Å². The average molecular weight is 281 g/mol. The molecule has 0 fully saturated rings. The summed E-state index contributed by atoms with van der Waals surface area (Å²) in [5.74, 6) is 0. The summed E-state index contributed by atoms with van der Waals surface area (Å²) in [4.78, 5) is 2.25. The number of rotatable bonds is 5. The van der Waals surface area contributed by atoms with E-state index in [-0.39, 0.29) is 0 Å². The molecule has 2 nitrogen and oxygen atoms in total. The zero-order chi connectivity index (χ0) is 12.0. The zero-order valence-corrected chi connectivity index (χ0v) is 11.4. The number of hydrogen-bond acceptors (Lipinski definition) is 2. The van der Waals surface area contributed by atoms with Crippen molar-refractivity contribution >= 4 is 21.6 Å². The van der Waals surface area contributed by atoms with Gasteiger partial charge in [-0.15, -0.1) is 0 Å². The number of nitriles is 1. The molecule has 0 bridgehead atoms. The fraction of sp³-hybridized carbons (Fsp3) is 0.462. The predicted octanol–water partition coefficient (Wildman–Crippen LogP) is 3.69. The van der Waals surface area contributed by atoms with E-state index in [0.717, 1.165) is 41.7 Å². The molecule has 0 radical (unpaired) electrons. The van der Waals surface area contributed by atoms with Gasteiger partial charge in [0, 0.05) is 18.4 Å². The molecule has 0 spiro atoms. The molecule has 0 amide bonds. The molecule has 1 aromatic rings. The molecule has 0 unspecified atom stereocenters. The molecule has 16 heavy (non-hydrogen) atoms. The lowest BCUT2D eigenvalue weighted by Gasteiger charge is -2.23. The number of nitrogens with zero attached hydrogens (tertiary/aromatic N) is 2. The molecule has 86 valence electrons. The van der Waals surface area contributed by atoms with Crippen LogP contribution in [0.1, 0.15) is 31.4 Å². The maximum absolute atomic E-state index is 9.16. The first kappa shape index (κ1) is 13.1. The Balaban J connectivity index is 3.07. The van der Waals surface area contributed by atoms with Crippen molar-refractivity contribution in [3.8, 4) is 6.07 Å². The maximum atomic E-state index is 9.16. The fourth-order valence-corrected chi connectivity index (χ4v) is 2.10. The lowest BCUT2D eigenvalue weighted by molar-refractivity contribution is 0.790. The number of halogens is 1. The molecule has 0 aliphatic heterocycles. The van der Waals surface area contributed by atoms with Crippen molar-refractivity contribution < 1.29 is 0 Å². The molecule has 0 aliphatic carbocycles. The third kappa shape index (κ3) is 2.99. The molecule has 0 heterocycles. The van der Waals surface area contributed by atoms with Gasteiger partial charge in [-0.25, -0.2) is 0 Å². The zero-order valence-electron chi connectivity index (χ0n) is 9.83. The van der Waals surface area contributed by atoms with E-state index in [1.807, 2.05) is 12.1 Å². The summed E-state index contributed by atoms with van der Waals surface area (Å²) < 4.78 is 0. The van der Waals surface area contributed by atoms with E-state index in [2.05, 4.69) is 46.8 Å². The summed E-state index contributed by atoms with van der Waals surface area (Å²) in [6, 6.07) is 8.36. The Labute approximate surface area is 106 Å². The molecule has 0 aromatic heterocycles. The minimum atomic E-state index is 0.771. The number of alkyl halides is 1. The first-order valence-corrected chi connectivity index (χ1v) is 6.72. The van der Waals surface area contributed by atoms with Crippen LogP contribution in [0, 0.1) is 11.3 Å². The van der Waals surface area contributed by atoms with E-state index in [1.165, 1.54) is 0 Å². The Bertz CT molecular complexity index is 382. The van der Waals surface area contributed by atoms with Crippen LogP contribution in [0.25, 0.3) is 0 Å². The van der Waals surface area contributed by atoms with Gasteiger partial charge in [-0.2, -0.15) is 5.26 Å². The van der Waals surface area contributed by atoms with Crippen LogP contribution in [0.15, 0.2) is 18.2 Å². The van der Waals surface area contributed by atoms with Crippen molar-refractivity contribution in [3.63, 3.8) is 0 Å². The van der Waals surface area contributed by atoms with Gasteiger partial charge in [0.05, 0.1) is 11.3 Å². The standard InChI is InChI=1S/C13H17BrN2/c1-3-7-16(4-2)13-6-5-11(9-14)8-12(13)10-15/h5-6,8H,3-4,7,9H2,1-2H3. The molecule has 0 aliphatic rings. The van der Waals surface area contributed by atoms with Gasteiger partial charge in [0.25, 0.3) is 0 Å². The summed E-state index contributed by atoms with van der Waals surface area (Å²) in [6.07, 6.45) is 1.10. The van der Waals surface area contributed by atoms with Crippen LogP contribution in [0.3, 0.4) is 0 Å². The molecule has 1 rings (SSSR count). The van der Waals surface area contributed by atoms with Crippen LogP contribution >= 0.6 is 15.9 Å². The Kier molecular flexibility index (Phi) is 5.34.